The fourth-order valence-corrected chi connectivity index (χ4v) is 8.80. The van der Waals surface area contributed by atoms with Crippen molar-refractivity contribution < 1.29 is 49.3 Å². The molecule has 73 heavy (non-hydrogen) atoms. The zero-order chi connectivity index (χ0) is 53.3. The SMILES string of the molecule is CCCCC/C=C\C/C=C\C/C=C\C/C=C\CCCCC(O)C(=O)NC(COC1OC(CO)C(O)C(O)C1OC(=O)CCCCC/C=C\CCCCCCCCC)C(O)/C=C/CCCCCCCCCCCC. The smallest absolute Gasteiger partial charge is 0.306 e. The van der Waals surface area contributed by atoms with Crippen LogP contribution in [0, 0.1) is 0 Å². The molecular formula is C62H109NO10. The molecule has 1 saturated heterocycles. The summed E-state index contributed by atoms with van der Waals surface area (Å²) in [6.45, 7) is 5.71. The molecule has 1 rings (SSSR count). The molecule has 0 bridgehead atoms. The molecule has 0 aliphatic carbocycles. The van der Waals surface area contributed by atoms with Crippen molar-refractivity contribution in [3.8, 4) is 0 Å². The fourth-order valence-electron chi connectivity index (χ4n) is 8.80. The van der Waals surface area contributed by atoms with E-state index in [2.05, 4.69) is 86.8 Å². The van der Waals surface area contributed by atoms with Crippen molar-refractivity contribution in [2.45, 2.75) is 294 Å². The van der Waals surface area contributed by atoms with Gasteiger partial charge in [0.25, 0.3) is 0 Å². The van der Waals surface area contributed by atoms with Gasteiger partial charge in [0.15, 0.2) is 12.4 Å². The third kappa shape index (κ3) is 38.3. The first-order valence-electron chi connectivity index (χ1n) is 29.7. The number of esters is 1. The molecule has 8 unspecified atom stereocenters. The molecule has 1 heterocycles. The van der Waals surface area contributed by atoms with E-state index in [1.807, 2.05) is 6.08 Å². The Bertz CT molecular complexity index is 1460. The zero-order valence-electron chi connectivity index (χ0n) is 46.5. The third-order valence-electron chi connectivity index (χ3n) is 13.6. The van der Waals surface area contributed by atoms with Crippen molar-refractivity contribution in [3.63, 3.8) is 0 Å². The number of allylic oxidation sites excluding steroid dienone is 11. The Kier molecular flexibility index (Phi) is 46.6. The van der Waals surface area contributed by atoms with Gasteiger partial charge in [-0.05, 0) is 96.3 Å². The Hall–Kier alpha value is -2.90. The summed E-state index contributed by atoms with van der Waals surface area (Å²) in [6, 6.07) is -1.05. The quantitative estimate of drug-likeness (QED) is 0.0195. The van der Waals surface area contributed by atoms with E-state index >= 15 is 0 Å². The van der Waals surface area contributed by atoms with Crippen molar-refractivity contribution in [2.75, 3.05) is 13.2 Å². The monoisotopic (exact) mass is 1030 g/mol. The van der Waals surface area contributed by atoms with Crippen LogP contribution in [0.1, 0.15) is 245 Å². The number of aliphatic hydroxyl groups is 5. The molecule has 1 fully saturated rings. The van der Waals surface area contributed by atoms with Gasteiger partial charge in [0.2, 0.25) is 5.91 Å². The molecule has 0 saturated carbocycles. The van der Waals surface area contributed by atoms with Crippen LogP contribution in [0.15, 0.2) is 72.9 Å². The Balaban J connectivity index is 2.76. The predicted molar refractivity (Wildman–Crippen MR) is 301 cm³/mol. The largest absolute Gasteiger partial charge is 0.454 e. The van der Waals surface area contributed by atoms with E-state index in [0.29, 0.717) is 12.8 Å². The second-order valence-electron chi connectivity index (χ2n) is 20.4. The number of rotatable bonds is 49. The van der Waals surface area contributed by atoms with Gasteiger partial charge in [-0.3, -0.25) is 9.59 Å². The molecule has 0 aromatic rings. The van der Waals surface area contributed by atoms with E-state index in [1.165, 1.54) is 109 Å². The molecular weight excluding hydrogens is 919 g/mol. The van der Waals surface area contributed by atoms with Crippen molar-refractivity contribution in [1.29, 1.82) is 0 Å². The van der Waals surface area contributed by atoms with Gasteiger partial charge in [-0.1, -0.05) is 216 Å². The van der Waals surface area contributed by atoms with E-state index < -0.39 is 67.4 Å². The molecule has 8 atom stereocenters. The molecule has 1 aliphatic heterocycles. The standard InChI is InChI=1S/C62H109NO10/c1-4-7-10-13-16-19-22-25-27-28-29-30-31-34-37-40-43-46-49-55(66)61(70)63-53(54(65)48-45-42-39-36-33-24-21-18-15-12-9-6-3)52-71-62-60(59(69)58(68)56(51-64)72-62)73-57(67)50-47-44-41-38-35-32-26-23-20-17-14-11-8-5-2/h16,19,25,27,29-30,32,34-35,37,45,48,53-56,58-60,62,64-66,68-69H,4-15,17-18,20-24,26,28,31,33,36,38-44,46-47,49-52H2,1-3H3,(H,63,70)/b19-16-,27-25-,30-29-,35-32-,37-34-,48-45+. The van der Waals surface area contributed by atoms with Gasteiger partial charge < -0.3 is 45.1 Å². The highest BCUT2D eigenvalue weighted by Gasteiger charge is 2.47. The highest BCUT2D eigenvalue weighted by molar-refractivity contribution is 5.80. The van der Waals surface area contributed by atoms with Crippen LogP contribution in [-0.4, -0.2) is 99.6 Å². The summed E-state index contributed by atoms with van der Waals surface area (Å²) < 4.78 is 17.5. The molecule has 11 nitrogen and oxygen atoms in total. The maximum atomic E-state index is 13.4. The Morgan fingerprint density at radius 1 is 0.534 bits per heavy atom. The summed E-state index contributed by atoms with van der Waals surface area (Å²) in [7, 11) is 0. The van der Waals surface area contributed by atoms with Crippen LogP contribution < -0.4 is 5.32 Å². The van der Waals surface area contributed by atoms with Crippen LogP contribution in [0.2, 0.25) is 0 Å². The van der Waals surface area contributed by atoms with Gasteiger partial charge in [0, 0.05) is 6.42 Å². The predicted octanol–water partition coefficient (Wildman–Crippen LogP) is 13.6. The van der Waals surface area contributed by atoms with E-state index in [4.69, 9.17) is 14.2 Å². The number of unbranched alkanes of at least 4 members (excludes halogenated alkanes) is 25. The highest BCUT2D eigenvalue weighted by atomic mass is 16.7. The minimum Gasteiger partial charge on any atom is -0.454 e. The molecule has 0 spiro atoms. The first kappa shape index (κ1) is 68.1. The maximum absolute atomic E-state index is 13.4. The molecule has 0 aromatic carbocycles. The van der Waals surface area contributed by atoms with Gasteiger partial charge in [-0.25, -0.2) is 0 Å². The van der Waals surface area contributed by atoms with Crippen LogP contribution in [-0.2, 0) is 23.8 Å². The zero-order valence-corrected chi connectivity index (χ0v) is 46.5. The molecule has 6 N–H and O–H groups in total. The summed E-state index contributed by atoms with van der Waals surface area (Å²) in [5, 5.41) is 56.8. The Morgan fingerprint density at radius 2 is 0.945 bits per heavy atom. The molecule has 0 radical (unpaired) electrons. The summed E-state index contributed by atoms with van der Waals surface area (Å²) >= 11 is 0. The van der Waals surface area contributed by atoms with Crippen LogP contribution in [0.3, 0.4) is 0 Å². The second-order valence-corrected chi connectivity index (χ2v) is 20.4. The van der Waals surface area contributed by atoms with E-state index in [1.54, 1.807) is 6.08 Å². The Morgan fingerprint density at radius 3 is 1.45 bits per heavy atom. The van der Waals surface area contributed by atoms with Gasteiger partial charge >= 0.3 is 5.97 Å². The number of amides is 1. The molecule has 1 amide bonds. The van der Waals surface area contributed by atoms with E-state index in [9.17, 15) is 35.1 Å². The number of nitrogens with one attached hydrogen (secondary N) is 1. The average Bonchev–Trinajstić information content (AvgIpc) is 3.39. The molecule has 0 aromatic heterocycles. The van der Waals surface area contributed by atoms with Gasteiger partial charge in [0.1, 0.15) is 24.4 Å². The summed E-state index contributed by atoms with van der Waals surface area (Å²) in [6.07, 6.45) is 52.3. The van der Waals surface area contributed by atoms with E-state index in [0.717, 1.165) is 89.9 Å². The van der Waals surface area contributed by atoms with Gasteiger partial charge in [-0.15, -0.1) is 0 Å². The van der Waals surface area contributed by atoms with Crippen molar-refractivity contribution in [1.82, 2.24) is 5.32 Å². The van der Waals surface area contributed by atoms with Crippen LogP contribution in [0.5, 0.6) is 0 Å². The number of hydrogen-bond acceptors (Lipinski definition) is 10. The van der Waals surface area contributed by atoms with Crippen LogP contribution >= 0.6 is 0 Å². The van der Waals surface area contributed by atoms with E-state index in [-0.39, 0.29) is 19.4 Å². The number of carbonyl (C=O) groups excluding carboxylic acids is 2. The topological polar surface area (TPSA) is 175 Å². The Labute approximate surface area is 445 Å². The third-order valence-corrected chi connectivity index (χ3v) is 13.6. The average molecular weight is 1030 g/mol. The summed E-state index contributed by atoms with van der Waals surface area (Å²) in [5.41, 5.74) is 0. The van der Waals surface area contributed by atoms with Gasteiger partial charge in [-0.2, -0.15) is 0 Å². The van der Waals surface area contributed by atoms with Crippen molar-refractivity contribution in [3.05, 3.63) is 72.9 Å². The van der Waals surface area contributed by atoms with Crippen molar-refractivity contribution >= 4 is 11.9 Å². The lowest BCUT2D eigenvalue weighted by molar-refractivity contribution is -0.305. The highest BCUT2D eigenvalue weighted by Crippen LogP contribution is 2.26. The fraction of sp³-hybridized carbons (Fsp3) is 0.774. The lowest BCUT2D eigenvalue weighted by Crippen LogP contribution is -2.61. The number of ether oxygens (including phenoxy) is 3. The van der Waals surface area contributed by atoms with Crippen molar-refractivity contribution in [2.24, 2.45) is 0 Å². The van der Waals surface area contributed by atoms with Crippen LogP contribution in [0.25, 0.3) is 0 Å². The maximum Gasteiger partial charge on any atom is 0.306 e. The lowest BCUT2D eigenvalue weighted by atomic mass is 9.99. The normalized spacial score (nSPS) is 19.9. The minimum absolute atomic E-state index is 0.0971. The first-order chi connectivity index (χ1) is 35.7. The number of carbonyl (C=O) groups is 2. The molecule has 422 valence electrons. The first-order valence-corrected chi connectivity index (χ1v) is 29.7. The number of aliphatic hydroxyl groups excluding tert-OH is 5. The minimum atomic E-state index is -1.63. The number of hydrogen-bond donors (Lipinski definition) is 6. The summed E-state index contributed by atoms with van der Waals surface area (Å²) in [5.74, 6) is -1.25. The second kappa shape index (κ2) is 49.9. The lowest BCUT2D eigenvalue weighted by Gasteiger charge is -2.41. The summed E-state index contributed by atoms with van der Waals surface area (Å²) in [4.78, 5) is 26.5. The molecule has 11 heteroatoms. The van der Waals surface area contributed by atoms with Gasteiger partial charge in [0.05, 0.1) is 25.4 Å². The van der Waals surface area contributed by atoms with Crippen LogP contribution in [0.4, 0.5) is 0 Å². The molecule has 1 aliphatic rings.